The number of carbonyl (C=O) groups is 1. The van der Waals surface area contributed by atoms with Crippen molar-refractivity contribution in [2.75, 3.05) is 12.9 Å². The van der Waals surface area contributed by atoms with Gasteiger partial charge in [0, 0.05) is 4.90 Å². The Hall–Kier alpha value is -1.16. The van der Waals surface area contributed by atoms with Crippen molar-refractivity contribution in [2.24, 2.45) is 5.41 Å². The third kappa shape index (κ3) is 5.15. The lowest BCUT2D eigenvalue weighted by atomic mass is 9.87. The highest BCUT2D eigenvalue weighted by Gasteiger charge is 2.25. The third-order valence-electron chi connectivity index (χ3n) is 3.10. The lowest BCUT2D eigenvalue weighted by molar-refractivity contribution is -0.147. The summed E-state index contributed by atoms with van der Waals surface area (Å²) in [5.74, 6) is 0.175. The number of benzene rings is 1. The van der Waals surface area contributed by atoms with E-state index in [4.69, 9.17) is 9.84 Å². The smallest absolute Gasteiger partial charge is 0.309 e. The number of unbranched alkanes of at least 4 members (excludes halogenated alkanes) is 1. The van der Waals surface area contributed by atoms with Crippen LogP contribution >= 0.6 is 11.8 Å². The molecule has 0 aliphatic rings. The summed E-state index contributed by atoms with van der Waals surface area (Å²) in [6.07, 6.45) is 4.44. The second-order valence-corrected chi connectivity index (χ2v) is 5.99. The minimum atomic E-state index is -0.735. The topological polar surface area (TPSA) is 46.5 Å². The van der Waals surface area contributed by atoms with Crippen LogP contribution in [0.15, 0.2) is 29.2 Å². The molecule has 0 amide bonds. The number of carboxylic acid groups (broad SMARTS) is 1. The number of carboxylic acids is 1. The van der Waals surface area contributed by atoms with Crippen LogP contribution in [0.1, 0.15) is 33.1 Å². The number of para-hydroxylation sites is 1. The highest BCUT2D eigenvalue weighted by molar-refractivity contribution is 7.98. The molecular weight excluding hydrogens is 260 g/mol. The van der Waals surface area contributed by atoms with E-state index in [2.05, 4.69) is 0 Å². The maximum absolute atomic E-state index is 11.0. The van der Waals surface area contributed by atoms with E-state index in [0.717, 1.165) is 23.5 Å². The number of thioether (sulfide) groups is 1. The average molecular weight is 282 g/mol. The van der Waals surface area contributed by atoms with Gasteiger partial charge in [0.25, 0.3) is 0 Å². The summed E-state index contributed by atoms with van der Waals surface area (Å²) < 4.78 is 5.73. The van der Waals surface area contributed by atoms with Crippen molar-refractivity contribution in [3.05, 3.63) is 24.3 Å². The van der Waals surface area contributed by atoms with E-state index in [-0.39, 0.29) is 0 Å². The Kier molecular flexibility index (Phi) is 6.22. The Morgan fingerprint density at radius 2 is 2.00 bits per heavy atom. The molecule has 0 aliphatic heterocycles. The molecule has 0 bridgehead atoms. The first-order chi connectivity index (χ1) is 8.97. The van der Waals surface area contributed by atoms with Crippen LogP contribution in [0.2, 0.25) is 0 Å². The van der Waals surface area contributed by atoms with Gasteiger partial charge in [-0.25, -0.2) is 0 Å². The molecule has 19 heavy (non-hydrogen) atoms. The van der Waals surface area contributed by atoms with E-state index < -0.39 is 11.4 Å². The van der Waals surface area contributed by atoms with Gasteiger partial charge in [-0.15, -0.1) is 11.8 Å². The van der Waals surface area contributed by atoms with Gasteiger partial charge in [0.15, 0.2) is 0 Å². The summed E-state index contributed by atoms with van der Waals surface area (Å²) in [6, 6.07) is 7.96. The second-order valence-electron chi connectivity index (χ2n) is 5.15. The van der Waals surface area contributed by atoms with Crippen molar-refractivity contribution in [3.63, 3.8) is 0 Å². The molecule has 1 aromatic rings. The quantitative estimate of drug-likeness (QED) is 0.577. The number of hydrogen-bond donors (Lipinski definition) is 1. The molecule has 0 spiro atoms. The molecule has 0 unspecified atom stereocenters. The zero-order valence-electron chi connectivity index (χ0n) is 11.8. The zero-order valence-corrected chi connectivity index (χ0v) is 12.6. The molecule has 4 heteroatoms. The largest absolute Gasteiger partial charge is 0.492 e. The molecule has 0 fully saturated rings. The minimum Gasteiger partial charge on any atom is -0.492 e. The molecule has 0 aromatic heterocycles. The molecule has 106 valence electrons. The predicted molar refractivity (Wildman–Crippen MR) is 79.0 cm³/mol. The molecule has 1 aromatic carbocycles. The van der Waals surface area contributed by atoms with Crippen molar-refractivity contribution in [2.45, 2.75) is 38.0 Å². The first kappa shape index (κ1) is 15.9. The molecular formula is C15H22O3S. The molecule has 0 saturated heterocycles. The van der Waals surface area contributed by atoms with Gasteiger partial charge in [-0.3, -0.25) is 4.79 Å². The standard InChI is InChI=1S/C15H22O3S/c1-15(2,14(16)17)10-6-7-11-18-12-8-4-5-9-13(12)19-3/h4-5,8-9H,6-7,10-11H2,1-3H3,(H,16,17). The third-order valence-corrected chi connectivity index (χ3v) is 3.88. The van der Waals surface area contributed by atoms with Gasteiger partial charge in [0.05, 0.1) is 12.0 Å². The van der Waals surface area contributed by atoms with Gasteiger partial charge in [0.2, 0.25) is 0 Å². The lowest BCUT2D eigenvalue weighted by Crippen LogP contribution is -2.23. The van der Waals surface area contributed by atoms with Crippen molar-refractivity contribution >= 4 is 17.7 Å². The van der Waals surface area contributed by atoms with Gasteiger partial charge >= 0.3 is 5.97 Å². The van der Waals surface area contributed by atoms with E-state index in [1.807, 2.05) is 30.5 Å². The van der Waals surface area contributed by atoms with Gasteiger partial charge < -0.3 is 9.84 Å². The van der Waals surface area contributed by atoms with Crippen LogP contribution in [0.3, 0.4) is 0 Å². The van der Waals surface area contributed by atoms with Crippen molar-refractivity contribution in [3.8, 4) is 5.75 Å². The summed E-state index contributed by atoms with van der Waals surface area (Å²) in [4.78, 5) is 12.1. The van der Waals surface area contributed by atoms with Crippen LogP contribution in [0.5, 0.6) is 5.75 Å². The van der Waals surface area contributed by atoms with Crippen LogP contribution < -0.4 is 4.74 Å². The van der Waals surface area contributed by atoms with E-state index in [1.165, 1.54) is 0 Å². The van der Waals surface area contributed by atoms with Crippen LogP contribution in [-0.2, 0) is 4.79 Å². The second kappa shape index (κ2) is 7.43. The first-order valence-electron chi connectivity index (χ1n) is 6.46. The number of hydrogen-bond acceptors (Lipinski definition) is 3. The maximum atomic E-state index is 11.0. The highest BCUT2D eigenvalue weighted by Crippen LogP contribution is 2.27. The molecule has 0 saturated carbocycles. The van der Waals surface area contributed by atoms with Crippen LogP contribution in [0, 0.1) is 5.41 Å². The molecule has 0 aliphatic carbocycles. The molecule has 1 N–H and O–H groups in total. The first-order valence-corrected chi connectivity index (χ1v) is 7.69. The fourth-order valence-electron chi connectivity index (χ4n) is 1.70. The Balaban J connectivity index is 2.30. The lowest BCUT2D eigenvalue weighted by Gasteiger charge is -2.18. The molecule has 0 radical (unpaired) electrons. The Bertz CT molecular complexity index is 416. The fourth-order valence-corrected chi connectivity index (χ4v) is 2.24. The molecule has 0 atom stereocenters. The van der Waals surface area contributed by atoms with Gasteiger partial charge in [0.1, 0.15) is 5.75 Å². The predicted octanol–water partition coefficient (Wildman–Crippen LogP) is 4.07. The minimum absolute atomic E-state index is 0.632. The summed E-state index contributed by atoms with van der Waals surface area (Å²) in [7, 11) is 0. The Labute approximate surface area is 119 Å². The van der Waals surface area contributed by atoms with Crippen LogP contribution in [-0.4, -0.2) is 23.9 Å². The number of aliphatic carboxylic acids is 1. The summed E-state index contributed by atoms with van der Waals surface area (Å²) in [5, 5.41) is 9.01. The van der Waals surface area contributed by atoms with Crippen LogP contribution in [0.4, 0.5) is 0 Å². The van der Waals surface area contributed by atoms with E-state index in [9.17, 15) is 4.79 Å². The SMILES string of the molecule is CSc1ccccc1OCCCCC(C)(C)C(=O)O. The number of ether oxygens (including phenoxy) is 1. The Morgan fingerprint density at radius 3 is 2.63 bits per heavy atom. The summed E-state index contributed by atoms with van der Waals surface area (Å²) >= 11 is 1.66. The monoisotopic (exact) mass is 282 g/mol. The summed E-state index contributed by atoms with van der Waals surface area (Å²) in [6.45, 7) is 4.16. The van der Waals surface area contributed by atoms with Crippen LogP contribution in [0.25, 0.3) is 0 Å². The fraction of sp³-hybridized carbons (Fsp3) is 0.533. The highest BCUT2D eigenvalue weighted by atomic mass is 32.2. The van der Waals surface area contributed by atoms with E-state index in [0.29, 0.717) is 13.0 Å². The van der Waals surface area contributed by atoms with Gasteiger partial charge in [-0.2, -0.15) is 0 Å². The van der Waals surface area contributed by atoms with Gasteiger partial charge in [-0.05, 0) is 51.5 Å². The van der Waals surface area contributed by atoms with Crippen molar-refractivity contribution in [1.29, 1.82) is 0 Å². The van der Waals surface area contributed by atoms with E-state index in [1.54, 1.807) is 25.6 Å². The molecule has 1 rings (SSSR count). The average Bonchev–Trinajstić information content (AvgIpc) is 2.38. The molecule has 0 heterocycles. The van der Waals surface area contributed by atoms with Gasteiger partial charge in [-0.1, -0.05) is 12.1 Å². The Morgan fingerprint density at radius 1 is 1.32 bits per heavy atom. The maximum Gasteiger partial charge on any atom is 0.309 e. The molecule has 3 nitrogen and oxygen atoms in total. The van der Waals surface area contributed by atoms with E-state index >= 15 is 0 Å². The normalized spacial score (nSPS) is 11.3. The van der Waals surface area contributed by atoms with Crippen molar-refractivity contribution < 1.29 is 14.6 Å². The summed E-state index contributed by atoms with van der Waals surface area (Å²) in [5.41, 5.74) is -0.642. The number of rotatable bonds is 8. The van der Waals surface area contributed by atoms with Crippen molar-refractivity contribution in [1.82, 2.24) is 0 Å². The zero-order chi connectivity index (χ0) is 14.3.